The van der Waals surface area contributed by atoms with Gasteiger partial charge in [0.05, 0.1) is 6.26 Å². The van der Waals surface area contributed by atoms with Crippen molar-refractivity contribution in [3.63, 3.8) is 0 Å². The van der Waals surface area contributed by atoms with E-state index in [-0.39, 0.29) is 5.91 Å². The van der Waals surface area contributed by atoms with Crippen LogP contribution >= 0.6 is 0 Å². The first kappa shape index (κ1) is 11.2. The number of carbonyl (C=O) groups excluding carboxylic acids is 1. The van der Waals surface area contributed by atoms with Crippen LogP contribution in [0.2, 0.25) is 0 Å². The number of rotatable bonds is 2. The SMILES string of the molecule is CC1CC(C)CC(NC(=O)c2ccco2)C1. The van der Waals surface area contributed by atoms with Crippen LogP contribution in [0, 0.1) is 11.8 Å². The highest BCUT2D eigenvalue weighted by atomic mass is 16.3. The van der Waals surface area contributed by atoms with Gasteiger partial charge in [0.2, 0.25) is 0 Å². The molecule has 16 heavy (non-hydrogen) atoms. The first-order chi connectivity index (χ1) is 7.65. The summed E-state index contributed by atoms with van der Waals surface area (Å²) in [7, 11) is 0. The van der Waals surface area contributed by atoms with Gasteiger partial charge < -0.3 is 9.73 Å². The quantitative estimate of drug-likeness (QED) is 0.834. The molecule has 1 aromatic rings. The van der Waals surface area contributed by atoms with Crippen LogP contribution in [-0.4, -0.2) is 11.9 Å². The van der Waals surface area contributed by atoms with Crippen molar-refractivity contribution in [3.05, 3.63) is 24.2 Å². The first-order valence-electron chi connectivity index (χ1n) is 5.99. The Morgan fingerprint density at radius 3 is 2.56 bits per heavy atom. The summed E-state index contributed by atoms with van der Waals surface area (Å²) in [5.74, 6) is 1.72. The van der Waals surface area contributed by atoms with Crippen LogP contribution in [0.3, 0.4) is 0 Å². The van der Waals surface area contributed by atoms with E-state index in [0.717, 1.165) is 12.8 Å². The lowest BCUT2D eigenvalue weighted by Gasteiger charge is -2.31. The Balaban J connectivity index is 1.92. The van der Waals surface area contributed by atoms with E-state index in [4.69, 9.17) is 4.42 Å². The Hall–Kier alpha value is -1.25. The molecule has 1 saturated carbocycles. The van der Waals surface area contributed by atoms with Crippen molar-refractivity contribution >= 4 is 5.91 Å². The van der Waals surface area contributed by atoms with Gasteiger partial charge in [-0.05, 0) is 43.2 Å². The second-order valence-corrected chi connectivity index (χ2v) is 5.07. The molecule has 0 aromatic carbocycles. The fourth-order valence-corrected chi connectivity index (χ4v) is 2.73. The minimum atomic E-state index is -0.0868. The number of furan rings is 1. The smallest absolute Gasteiger partial charge is 0.287 e. The zero-order valence-electron chi connectivity index (χ0n) is 9.90. The first-order valence-corrected chi connectivity index (χ1v) is 5.99. The van der Waals surface area contributed by atoms with E-state index < -0.39 is 0 Å². The number of nitrogens with one attached hydrogen (secondary N) is 1. The third kappa shape index (κ3) is 2.65. The molecule has 1 N–H and O–H groups in total. The van der Waals surface area contributed by atoms with Crippen molar-refractivity contribution in [2.75, 3.05) is 0 Å². The summed E-state index contributed by atoms with van der Waals surface area (Å²) in [6, 6.07) is 3.74. The molecule has 3 heteroatoms. The van der Waals surface area contributed by atoms with Gasteiger partial charge in [0, 0.05) is 6.04 Å². The molecule has 0 bridgehead atoms. The largest absolute Gasteiger partial charge is 0.459 e. The Bertz CT molecular complexity index is 335. The molecule has 1 heterocycles. The highest BCUT2D eigenvalue weighted by Crippen LogP contribution is 2.28. The lowest BCUT2D eigenvalue weighted by molar-refractivity contribution is 0.0883. The summed E-state index contributed by atoms with van der Waals surface area (Å²) in [5, 5.41) is 3.05. The zero-order chi connectivity index (χ0) is 11.5. The van der Waals surface area contributed by atoms with Gasteiger partial charge in [-0.25, -0.2) is 0 Å². The molecule has 0 radical (unpaired) electrons. The van der Waals surface area contributed by atoms with Crippen LogP contribution in [-0.2, 0) is 0 Å². The molecule has 1 aliphatic rings. The van der Waals surface area contributed by atoms with Gasteiger partial charge in [0.15, 0.2) is 5.76 Å². The summed E-state index contributed by atoms with van der Waals surface area (Å²) in [4.78, 5) is 11.8. The van der Waals surface area contributed by atoms with Crippen molar-refractivity contribution in [1.82, 2.24) is 5.32 Å². The average Bonchev–Trinajstić information content (AvgIpc) is 2.68. The molecule has 1 amide bonds. The van der Waals surface area contributed by atoms with Crippen LogP contribution in [0.1, 0.15) is 43.7 Å². The second-order valence-electron chi connectivity index (χ2n) is 5.07. The average molecular weight is 221 g/mol. The number of amides is 1. The molecule has 1 aliphatic carbocycles. The normalized spacial score (nSPS) is 30.0. The monoisotopic (exact) mass is 221 g/mol. The third-order valence-electron chi connectivity index (χ3n) is 3.26. The minimum absolute atomic E-state index is 0.0868. The van der Waals surface area contributed by atoms with E-state index in [9.17, 15) is 4.79 Å². The maximum absolute atomic E-state index is 11.8. The Morgan fingerprint density at radius 1 is 1.31 bits per heavy atom. The van der Waals surface area contributed by atoms with E-state index in [0.29, 0.717) is 23.6 Å². The summed E-state index contributed by atoms with van der Waals surface area (Å²) in [6.45, 7) is 4.50. The van der Waals surface area contributed by atoms with Gasteiger partial charge in [-0.1, -0.05) is 13.8 Å². The molecule has 0 aliphatic heterocycles. The van der Waals surface area contributed by atoms with E-state index in [1.807, 2.05) is 0 Å². The Kier molecular flexibility index (Phi) is 3.32. The van der Waals surface area contributed by atoms with Gasteiger partial charge in [0.25, 0.3) is 5.91 Å². The molecule has 2 rings (SSSR count). The molecular weight excluding hydrogens is 202 g/mol. The van der Waals surface area contributed by atoms with E-state index in [2.05, 4.69) is 19.2 Å². The highest BCUT2D eigenvalue weighted by Gasteiger charge is 2.25. The maximum Gasteiger partial charge on any atom is 0.287 e. The Morgan fingerprint density at radius 2 is 2.00 bits per heavy atom. The van der Waals surface area contributed by atoms with Crippen LogP contribution in [0.15, 0.2) is 22.8 Å². The minimum Gasteiger partial charge on any atom is -0.459 e. The molecule has 1 fully saturated rings. The van der Waals surface area contributed by atoms with Crippen LogP contribution in [0.4, 0.5) is 0 Å². The summed E-state index contributed by atoms with van der Waals surface area (Å²) in [6.07, 6.45) is 4.96. The lowest BCUT2D eigenvalue weighted by atomic mass is 9.80. The molecule has 3 nitrogen and oxygen atoms in total. The number of hydrogen-bond donors (Lipinski definition) is 1. The second kappa shape index (κ2) is 4.73. The van der Waals surface area contributed by atoms with Crippen molar-refractivity contribution in [3.8, 4) is 0 Å². The van der Waals surface area contributed by atoms with E-state index in [1.54, 1.807) is 12.1 Å². The predicted octanol–water partition coefficient (Wildman–Crippen LogP) is 2.83. The van der Waals surface area contributed by atoms with Crippen LogP contribution < -0.4 is 5.32 Å². The van der Waals surface area contributed by atoms with Crippen molar-refractivity contribution in [2.24, 2.45) is 11.8 Å². The highest BCUT2D eigenvalue weighted by molar-refractivity contribution is 5.91. The van der Waals surface area contributed by atoms with E-state index >= 15 is 0 Å². The maximum atomic E-state index is 11.8. The number of carbonyl (C=O) groups is 1. The topological polar surface area (TPSA) is 42.2 Å². The molecule has 0 saturated heterocycles. The van der Waals surface area contributed by atoms with Gasteiger partial charge in [-0.15, -0.1) is 0 Å². The van der Waals surface area contributed by atoms with Gasteiger partial charge in [0.1, 0.15) is 0 Å². The summed E-state index contributed by atoms with van der Waals surface area (Å²) in [5.41, 5.74) is 0. The van der Waals surface area contributed by atoms with Crippen LogP contribution in [0.5, 0.6) is 0 Å². The number of hydrogen-bond acceptors (Lipinski definition) is 2. The fourth-order valence-electron chi connectivity index (χ4n) is 2.73. The standard InChI is InChI=1S/C13H19NO2/c1-9-6-10(2)8-11(7-9)14-13(15)12-4-3-5-16-12/h3-5,9-11H,6-8H2,1-2H3,(H,14,15). The molecular formula is C13H19NO2. The van der Waals surface area contributed by atoms with Gasteiger partial charge >= 0.3 is 0 Å². The Labute approximate surface area is 96.2 Å². The van der Waals surface area contributed by atoms with Crippen molar-refractivity contribution in [2.45, 2.75) is 39.2 Å². The third-order valence-corrected chi connectivity index (χ3v) is 3.26. The van der Waals surface area contributed by atoms with E-state index in [1.165, 1.54) is 12.7 Å². The van der Waals surface area contributed by atoms with Crippen LogP contribution in [0.25, 0.3) is 0 Å². The van der Waals surface area contributed by atoms with Crippen molar-refractivity contribution in [1.29, 1.82) is 0 Å². The zero-order valence-corrected chi connectivity index (χ0v) is 9.90. The van der Waals surface area contributed by atoms with Crippen molar-refractivity contribution < 1.29 is 9.21 Å². The molecule has 1 aromatic heterocycles. The fraction of sp³-hybridized carbons (Fsp3) is 0.615. The van der Waals surface area contributed by atoms with Gasteiger partial charge in [-0.2, -0.15) is 0 Å². The summed E-state index contributed by atoms with van der Waals surface area (Å²) >= 11 is 0. The lowest BCUT2D eigenvalue weighted by Crippen LogP contribution is -2.39. The predicted molar refractivity (Wildman–Crippen MR) is 62.1 cm³/mol. The molecule has 0 spiro atoms. The summed E-state index contributed by atoms with van der Waals surface area (Å²) < 4.78 is 5.08. The molecule has 2 unspecified atom stereocenters. The molecule has 88 valence electrons. The molecule has 2 atom stereocenters. The van der Waals surface area contributed by atoms with Gasteiger partial charge in [-0.3, -0.25) is 4.79 Å².